The molecule has 1 heterocycles. The molecule has 8 nitrogen and oxygen atoms in total. The standard InChI is InChI=1S/C22H28N4O4/c1-3-17-7-9-18(10-8-17)26(16-21(28)24-14-15-30-2)22(29)12-11-20(27)25-19-6-4-5-13-23-19/h4-10,13H,3,11-12,14-16H2,1-2H3,(H,24,28)(H,23,25,27). The van der Waals surface area contributed by atoms with E-state index in [0.29, 0.717) is 24.7 Å². The van der Waals surface area contributed by atoms with Gasteiger partial charge in [-0.3, -0.25) is 14.4 Å². The molecule has 0 spiro atoms. The van der Waals surface area contributed by atoms with E-state index in [1.807, 2.05) is 31.2 Å². The van der Waals surface area contributed by atoms with Gasteiger partial charge in [-0.1, -0.05) is 25.1 Å². The summed E-state index contributed by atoms with van der Waals surface area (Å²) >= 11 is 0. The van der Waals surface area contributed by atoms with E-state index in [1.165, 1.54) is 4.90 Å². The van der Waals surface area contributed by atoms with Gasteiger partial charge in [-0.05, 0) is 36.2 Å². The lowest BCUT2D eigenvalue weighted by Gasteiger charge is -2.23. The molecule has 160 valence electrons. The molecule has 2 aromatic rings. The molecule has 0 atom stereocenters. The SMILES string of the molecule is CCc1ccc(N(CC(=O)NCCOC)C(=O)CCC(=O)Nc2ccccn2)cc1. The lowest BCUT2D eigenvalue weighted by Crippen LogP contribution is -2.42. The van der Waals surface area contributed by atoms with Crippen molar-refractivity contribution in [3.05, 3.63) is 54.2 Å². The summed E-state index contributed by atoms with van der Waals surface area (Å²) < 4.78 is 4.92. The molecule has 0 saturated carbocycles. The zero-order valence-electron chi connectivity index (χ0n) is 17.4. The number of nitrogens with zero attached hydrogens (tertiary/aromatic N) is 2. The van der Waals surface area contributed by atoms with Crippen molar-refractivity contribution in [3.63, 3.8) is 0 Å². The van der Waals surface area contributed by atoms with Crippen LogP contribution < -0.4 is 15.5 Å². The van der Waals surface area contributed by atoms with Crippen LogP contribution in [0.5, 0.6) is 0 Å². The lowest BCUT2D eigenvalue weighted by molar-refractivity contribution is -0.125. The number of rotatable bonds is 11. The number of ether oxygens (including phenoxy) is 1. The Morgan fingerprint density at radius 2 is 1.80 bits per heavy atom. The first-order valence-corrected chi connectivity index (χ1v) is 9.89. The summed E-state index contributed by atoms with van der Waals surface area (Å²) in [6.07, 6.45) is 2.41. The molecule has 0 unspecified atom stereocenters. The Balaban J connectivity index is 2.01. The summed E-state index contributed by atoms with van der Waals surface area (Å²) in [7, 11) is 1.55. The molecule has 0 bridgehead atoms. The number of methoxy groups -OCH3 is 1. The maximum Gasteiger partial charge on any atom is 0.240 e. The number of hydrogen-bond donors (Lipinski definition) is 2. The van der Waals surface area contributed by atoms with E-state index >= 15 is 0 Å². The smallest absolute Gasteiger partial charge is 0.240 e. The van der Waals surface area contributed by atoms with Crippen molar-refractivity contribution in [2.24, 2.45) is 0 Å². The van der Waals surface area contributed by atoms with E-state index in [-0.39, 0.29) is 37.1 Å². The van der Waals surface area contributed by atoms with Crippen LogP contribution in [0.1, 0.15) is 25.3 Å². The highest BCUT2D eigenvalue weighted by Crippen LogP contribution is 2.17. The Morgan fingerprint density at radius 3 is 2.43 bits per heavy atom. The number of hydrogen-bond acceptors (Lipinski definition) is 5. The van der Waals surface area contributed by atoms with Crippen LogP contribution in [-0.2, 0) is 25.5 Å². The molecule has 0 fully saturated rings. The molecular formula is C22H28N4O4. The van der Waals surface area contributed by atoms with Crippen LogP contribution in [0.2, 0.25) is 0 Å². The second-order valence-electron chi connectivity index (χ2n) is 6.61. The number of amides is 3. The van der Waals surface area contributed by atoms with Crippen molar-refractivity contribution in [1.82, 2.24) is 10.3 Å². The highest BCUT2D eigenvalue weighted by molar-refractivity contribution is 6.01. The topological polar surface area (TPSA) is 101 Å². The molecule has 0 aliphatic carbocycles. The molecule has 0 radical (unpaired) electrons. The van der Waals surface area contributed by atoms with Gasteiger partial charge in [0.05, 0.1) is 6.61 Å². The largest absolute Gasteiger partial charge is 0.383 e. The predicted molar refractivity (Wildman–Crippen MR) is 115 cm³/mol. The quantitative estimate of drug-likeness (QED) is 0.551. The minimum absolute atomic E-state index is 0.00968. The first kappa shape index (κ1) is 23.0. The van der Waals surface area contributed by atoms with E-state index in [2.05, 4.69) is 15.6 Å². The molecule has 0 saturated heterocycles. The predicted octanol–water partition coefficient (Wildman–Crippen LogP) is 2.16. The number of aryl methyl sites for hydroxylation is 1. The molecule has 0 aliphatic heterocycles. The van der Waals surface area contributed by atoms with Crippen LogP contribution in [-0.4, -0.2) is 49.5 Å². The van der Waals surface area contributed by atoms with Crippen molar-refractivity contribution in [3.8, 4) is 0 Å². The summed E-state index contributed by atoms with van der Waals surface area (Å²) in [6, 6.07) is 12.7. The van der Waals surface area contributed by atoms with Crippen LogP contribution in [0.3, 0.4) is 0 Å². The molecule has 2 rings (SSSR count). The Morgan fingerprint density at radius 1 is 1.03 bits per heavy atom. The monoisotopic (exact) mass is 412 g/mol. The highest BCUT2D eigenvalue weighted by Gasteiger charge is 2.20. The van der Waals surface area contributed by atoms with Gasteiger partial charge < -0.3 is 20.3 Å². The fraction of sp³-hybridized carbons (Fsp3) is 0.364. The van der Waals surface area contributed by atoms with Gasteiger partial charge in [0, 0.05) is 38.4 Å². The zero-order chi connectivity index (χ0) is 21.8. The molecule has 8 heteroatoms. The van der Waals surface area contributed by atoms with E-state index in [0.717, 1.165) is 12.0 Å². The van der Waals surface area contributed by atoms with Crippen LogP contribution in [0.25, 0.3) is 0 Å². The van der Waals surface area contributed by atoms with Gasteiger partial charge in [-0.15, -0.1) is 0 Å². The average Bonchev–Trinajstić information content (AvgIpc) is 2.77. The van der Waals surface area contributed by atoms with Crippen LogP contribution in [0.15, 0.2) is 48.7 Å². The van der Waals surface area contributed by atoms with Gasteiger partial charge in [0.2, 0.25) is 17.7 Å². The van der Waals surface area contributed by atoms with Crippen molar-refractivity contribution in [2.75, 3.05) is 37.0 Å². The Hall–Kier alpha value is -3.26. The number of benzene rings is 1. The Kier molecular flexibility index (Phi) is 9.47. The van der Waals surface area contributed by atoms with Crippen molar-refractivity contribution in [2.45, 2.75) is 26.2 Å². The second kappa shape index (κ2) is 12.3. The fourth-order valence-electron chi connectivity index (χ4n) is 2.72. The number of carbonyl (C=O) groups excluding carboxylic acids is 3. The van der Waals surface area contributed by atoms with Crippen LogP contribution in [0.4, 0.5) is 11.5 Å². The van der Waals surface area contributed by atoms with Crippen LogP contribution in [0, 0.1) is 0 Å². The van der Waals surface area contributed by atoms with E-state index in [9.17, 15) is 14.4 Å². The highest BCUT2D eigenvalue weighted by atomic mass is 16.5. The number of pyridine rings is 1. The zero-order valence-corrected chi connectivity index (χ0v) is 17.4. The summed E-state index contributed by atoms with van der Waals surface area (Å²) in [5.74, 6) is -0.484. The summed E-state index contributed by atoms with van der Waals surface area (Å²) in [5, 5.41) is 5.37. The first-order chi connectivity index (χ1) is 14.5. The summed E-state index contributed by atoms with van der Waals surface area (Å²) in [5.41, 5.74) is 1.75. The van der Waals surface area contributed by atoms with E-state index in [1.54, 1.807) is 31.5 Å². The van der Waals surface area contributed by atoms with Gasteiger partial charge in [0.1, 0.15) is 12.4 Å². The number of aromatic nitrogens is 1. The van der Waals surface area contributed by atoms with E-state index in [4.69, 9.17) is 4.74 Å². The maximum atomic E-state index is 12.8. The van der Waals surface area contributed by atoms with Gasteiger partial charge in [0.25, 0.3) is 0 Å². The Labute approximate surface area is 176 Å². The minimum Gasteiger partial charge on any atom is -0.383 e. The van der Waals surface area contributed by atoms with Gasteiger partial charge in [-0.25, -0.2) is 4.98 Å². The third kappa shape index (κ3) is 7.63. The Bertz CT molecular complexity index is 825. The summed E-state index contributed by atoms with van der Waals surface area (Å²) in [4.78, 5) is 42.7. The van der Waals surface area contributed by atoms with Crippen molar-refractivity contribution < 1.29 is 19.1 Å². The lowest BCUT2D eigenvalue weighted by atomic mass is 10.1. The van der Waals surface area contributed by atoms with Crippen molar-refractivity contribution >= 4 is 29.2 Å². The third-order valence-electron chi connectivity index (χ3n) is 4.39. The third-order valence-corrected chi connectivity index (χ3v) is 4.39. The molecular weight excluding hydrogens is 384 g/mol. The number of anilines is 2. The molecule has 3 amide bonds. The average molecular weight is 412 g/mol. The molecule has 1 aromatic heterocycles. The molecule has 30 heavy (non-hydrogen) atoms. The number of carbonyl (C=O) groups is 3. The minimum atomic E-state index is -0.312. The first-order valence-electron chi connectivity index (χ1n) is 9.89. The normalized spacial score (nSPS) is 10.3. The second-order valence-corrected chi connectivity index (χ2v) is 6.61. The summed E-state index contributed by atoms with van der Waals surface area (Å²) in [6.45, 7) is 2.66. The molecule has 2 N–H and O–H groups in total. The number of nitrogens with one attached hydrogen (secondary N) is 2. The van der Waals surface area contributed by atoms with Crippen LogP contribution >= 0.6 is 0 Å². The molecule has 0 aliphatic rings. The van der Waals surface area contributed by atoms with Gasteiger partial charge >= 0.3 is 0 Å². The van der Waals surface area contributed by atoms with E-state index < -0.39 is 0 Å². The van der Waals surface area contributed by atoms with Gasteiger partial charge in [0.15, 0.2) is 0 Å². The van der Waals surface area contributed by atoms with Crippen molar-refractivity contribution in [1.29, 1.82) is 0 Å². The molecule has 1 aromatic carbocycles. The fourth-order valence-corrected chi connectivity index (χ4v) is 2.72. The van der Waals surface area contributed by atoms with Gasteiger partial charge in [-0.2, -0.15) is 0 Å². The maximum absolute atomic E-state index is 12.8.